The summed E-state index contributed by atoms with van der Waals surface area (Å²) >= 11 is 0. The lowest BCUT2D eigenvalue weighted by molar-refractivity contribution is 0.222. The van der Waals surface area contributed by atoms with Crippen LogP contribution in [0.2, 0.25) is 0 Å². The van der Waals surface area contributed by atoms with Crippen LogP contribution in [-0.2, 0) is 6.54 Å². The van der Waals surface area contributed by atoms with Gasteiger partial charge in [-0.15, -0.1) is 0 Å². The van der Waals surface area contributed by atoms with Crippen LogP contribution in [0, 0.1) is 0 Å². The van der Waals surface area contributed by atoms with E-state index in [2.05, 4.69) is 65.0 Å². The zero-order valence-corrected chi connectivity index (χ0v) is 17.7. The van der Waals surface area contributed by atoms with E-state index in [9.17, 15) is 0 Å². The molecule has 3 rings (SSSR count). The van der Waals surface area contributed by atoms with Crippen molar-refractivity contribution in [3.05, 3.63) is 41.8 Å². The summed E-state index contributed by atoms with van der Waals surface area (Å²) in [5.41, 5.74) is 2.30. The van der Waals surface area contributed by atoms with Gasteiger partial charge in [0.2, 0.25) is 0 Å². The summed E-state index contributed by atoms with van der Waals surface area (Å²) in [6, 6.07) is 10.4. The molecular weight excluding hydrogens is 352 g/mol. The van der Waals surface area contributed by atoms with Crippen molar-refractivity contribution in [3.8, 4) is 5.75 Å². The highest BCUT2D eigenvalue weighted by Gasteiger charge is 2.17. The summed E-state index contributed by atoms with van der Waals surface area (Å²) in [5.74, 6) is 2.30. The molecule has 0 spiro atoms. The Balaban J connectivity index is 1.35. The largest absolute Gasteiger partial charge is 0.497 e. The SMILES string of the molecule is COc1cccc(N2CCN(CCCN(C)Cc3cc(C(C)C)no3)CC2)c1. The summed E-state index contributed by atoms with van der Waals surface area (Å²) in [6.45, 7) is 11.7. The molecule has 0 amide bonds. The summed E-state index contributed by atoms with van der Waals surface area (Å²) in [7, 11) is 3.87. The number of methoxy groups -OCH3 is 1. The second-order valence-electron chi connectivity index (χ2n) is 7.99. The molecular formula is C22H34N4O2. The van der Waals surface area contributed by atoms with Crippen LogP contribution in [0.4, 0.5) is 5.69 Å². The van der Waals surface area contributed by atoms with Crippen LogP contribution in [0.15, 0.2) is 34.9 Å². The molecule has 0 unspecified atom stereocenters. The Morgan fingerprint density at radius 1 is 1.18 bits per heavy atom. The van der Waals surface area contributed by atoms with E-state index < -0.39 is 0 Å². The first-order chi connectivity index (χ1) is 13.5. The lowest BCUT2D eigenvalue weighted by Crippen LogP contribution is -2.47. The molecule has 0 bridgehead atoms. The summed E-state index contributed by atoms with van der Waals surface area (Å²) in [4.78, 5) is 7.33. The molecule has 28 heavy (non-hydrogen) atoms. The molecule has 154 valence electrons. The van der Waals surface area contributed by atoms with Crippen molar-refractivity contribution in [1.29, 1.82) is 0 Å². The molecule has 0 saturated carbocycles. The van der Waals surface area contributed by atoms with Gasteiger partial charge in [-0.1, -0.05) is 25.1 Å². The molecule has 6 heteroatoms. The quantitative estimate of drug-likeness (QED) is 0.658. The molecule has 2 heterocycles. The lowest BCUT2D eigenvalue weighted by Gasteiger charge is -2.36. The van der Waals surface area contributed by atoms with E-state index in [1.54, 1.807) is 7.11 Å². The number of piperazine rings is 1. The molecule has 1 saturated heterocycles. The highest BCUT2D eigenvalue weighted by Crippen LogP contribution is 2.22. The van der Waals surface area contributed by atoms with E-state index in [1.165, 1.54) is 12.1 Å². The maximum Gasteiger partial charge on any atom is 0.150 e. The number of hydrogen-bond donors (Lipinski definition) is 0. The van der Waals surface area contributed by atoms with Crippen LogP contribution in [0.5, 0.6) is 5.75 Å². The minimum absolute atomic E-state index is 0.415. The molecule has 0 atom stereocenters. The predicted molar refractivity (Wildman–Crippen MR) is 113 cm³/mol. The van der Waals surface area contributed by atoms with Crippen LogP contribution in [0.3, 0.4) is 0 Å². The monoisotopic (exact) mass is 386 g/mol. The molecule has 1 fully saturated rings. The lowest BCUT2D eigenvalue weighted by atomic mass is 10.1. The molecule has 1 aromatic carbocycles. The van der Waals surface area contributed by atoms with Crippen LogP contribution in [0.25, 0.3) is 0 Å². The number of nitrogens with zero attached hydrogens (tertiary/aromatic N) is 4. The van der Waals surface area contributed by atoms with Crippen molar-refractivity contribution in [1.82, 2.24) is 15.0 Å². The number of ether oxygens (including phenoxy) is 1. The van der Waals surface area contributed by atoms with Gasteiger partial charge in [0, 0.05) is 44.0 Å². The summed E-state index contributed by atoms with van der Waals surface area (Å²) < 4.78 is 10.8. The third-order valence-corrected chi connectivity index (χ3v) is 5.40. The van der Waals surface area contributed by atoms with Crippen LogP contribution in [-0.4, -0.2) is 68.4 Å². The maximum absolute atomic E-state index is 5.45. The molecule has 1 aliphatic rings. The standard InChI is InChI=1S/C22H34N4O2/c1-18(2)22-16-21(28-23-22)17-24(3)9-6-10-25-11-13-26(14-12-25)19-7-5-8-20(15-19)27-4/h5,7-8,15-16,18H,6,9-14,17H2,1-4H3. The molecule has 0 radical (unpaired) electrons. The normalized spacial score (nSPS) is 15.6. The average Bonchev–Trinajstić information content (AvgIpc) is 3.17. The average molecular weight is 387 g/mol. The van der Waals surface area contributed by atoms with Gasteiger partial charge in [-0.25, -0.2) is 0 Å². The Kier molecular flexibility index (Phi) is 7.34. The van der Waals surface area contributed by atoms with Crippen molar-refractivity contribution in [2.24, 2.45) is 0 Å². The first kappa shape index (κ1) is 20.7. The fourth-order valence-electron chi connectivity index (χ4n) is 3.62. The van der Waals surface area contributed by atoms with Gasteiger partial charge < -0.3 is 14.2 Å². The maximum atomic E-state index is 5.45. The highest BCUT2D eigenvalue weighted by molar-refractivity contribution is 5.51. The number of benzene rings is 1. The van der Waals surface area contributed by atoms with Crippen LogP contribution in [0.1, 0.15) is 37.6 Å². The van der Waals surface area contributed by atoms with Crippen molar-refractivity contribution in [2.75, 3.05) is 58.3 Å². The third-order valence-electron chi connectivity index (χ3n) is 5.40. The number of rotatable bonds is 9. The second kappa shape index (κ2) is 9.94. The van der Waals surface area contributed by atoms with Gasteiger partial charge in [-0.2, -0.15) is 0 Å². The fourth-order valence-corrected chi connectivity index (χ4v) is 3.62. The fraction of sp³-hybridized carbons (Fsp3) is 0.591. The van der Waals surface area contributed by atoms with E-state index in [-0.39, 0.29) is 0 Å². The van der Waals surface area contributed by atoms with E-state index >= 15 is 0 Å². The smallest absolute Gasteiger partial charge is 0.150 e. The Hall–Kier alpha value is -2.05. The molecule has 0 N–H and O–H groups in total. The van der Waals surface area contributed by atoms with Crippen molar-refractivity contribution < 1.29 is 9.26 Å². The number of anilines is 1. The molecule has 1 aliphatic heterocycles. The van der Waals surface area contributed by atoms with Gasteiger partial charge in [0.1, 0.15) is 5.75 Å². The van der Waals surface area contributed by atoms with E-state index in [4.69, 9.17) is 9.26 Å². The Labute approximate surface area is 169 Å². The number of hydrogen-bond acceptors (Lipinski definition) is 6. The summed E-state index contributed by atoms with van der Waals surface area (Å²) in [5, 5.41) is 4.14. The van der Waals surface area contributed by atoms with Gasteiger partial charge in [-0.05, 0) is 44.6 Å². The molecule has 2 aromatic rings. The number of aromatic nitrogens is 1. The summed E-state index contributed by atoms with van der Waals surface area (Å²) in [6.07, 6.45) is 1.17. The Morgan fingerprint density at radius 3 is 2.64 bits per heavy atom. The Morgan fingerprint density at radius 2 is 1.96 bits per heavy atom. The van der Waals surface area contributed by atoms with Gasteiger partial charge in [0.05, 0.1) is 19.3 Å². The highest BCUT2D eigenvalue weighted by atomic mass is 16.5. The molecule has 1 aromatic heterocycles. The van der Waals surface area contributed by atoms with Gasteiger partial charge in [-0.3, -0.25) is 9.80 Å². The third kappa shape index (κ3) is 5.72. The van der Waals surface area contributed by atoms with Gasteiger partial charge in [0.15, 0.2) is 5.76 Å². The van der Waals surface area contributed by atoms with Gasteiger partial charge in [0.25, 0.3) is 0 Å². The van der Waals surface area contributed by atoms with Crippen LogP contribution < -0.4 is 9.64 Å². The van der Waals surface area contributed by atoms with Crippen molar-refractivity contribution in [3.63, 3.8) is 0 Å². The topological polar surface area (TPSA) is 45.0 Å². The predicted octanol–water partition coefficient (Wildman–Crippen LogP) is 3.45. The second-order valence-corrected chi connectivity index (χ2v) is 7.99. The Bertz CT molecular complexity index is 723. The molecule has 6 nitrogen and oxygen atoms in total. The van der Waals surface area contributed by atoms with Crippen LogP contribution >= 0.6 is 0 Å². The van der Waals surface area contributed by atoms with Crippen molar-refractivity contribution >= 4 is 5.69 Å². The molecule has 0 aliphatic carbocycles. The minimum Gasteiger partial charge on any atom is -0.497 e. The minimum atomic E-state index is 0.415. The van der Waals surface area contributed by atoms with Crippen molar-refractivity contribution in [2.45, 2.75) is 32.7 Å². The van der Waals surface area contributed by atoms with Gasteiger partial charge >= 0.3 is 0 Å². The first-order valence-electron chi connectivity index (χ1n) is 10.3. The zero-order chi connectivity index (χ0) is 19.9. The van der Waals surface area contributed by atoms with E-state index in [0.29, 0.717) is 5.92 Å². The van der Waals surface area contributed by atoms with E-state index in [0.717, 1.165) is 63.0 Å². The van der Waals surface area contributed by atoms with E-state index in [1.807, 2.05) is 6.07 Å². The first-order valence-corrected chi connectivity index (χ1v) is 10.3. The zero-order valence-electron chi connectivity index (χ0n) is 17.7.